The largest absolute Gasteiger partial charge is 0.472 e. The van der Waals surface area contributed by atoms with Crippen molar-refractivity contribution in [1.82, 2.24) is 0 Å². The third kappa shape index (κ3) is 38.0. The standard InChI is InChI=1S/C42H75O10P/c1-3-5-7-9-11-13-15-17-18-19-20-22-23-25-27-29-31-33-41(45)49-37-40(38-51-53(47,48)50-36-39(44)35-43)52-42(46)34-32-30-28-26-24-21-16-14-12-10-8-6-4-2/h7,9,13,15,18-19,22-23,39-40,43-44H,3-6,8,10-12,14,16-17,20-21,24-38H2,1-2H3,(H,47,48)/b9-7+,15-13+,19-18+,23-22+/t39-,40+/m0/s1. The number of carbonyl (C=O) groups is 2. The van der Waals surface area contributed by atoms with Gasteiger partial charge in [0.25, 0.3) is 0 Å². The van der Waals surface area contributed by atoms with Crippen molar-refractivity contribution >= 4 is 19.8 Å². The first-order chi connectivity index (χ1) is 25.7. The molecular formula is C42H75O10P. The maximum Gasteiger partial charge on any atom is 0.472 e. The number of esters is 2. The van der Waals surface area contributed by atoms with E-state index in [1.807, 2.05) is 0 Å². The van der Waals surface area contributed by atoms with Crippen molar-refractivity contribution in [2.45, 2.75) is 180 Å². The van der Waals surface area contributed by atoms with Crippen LogP contribution in [-0.4, -0.2) is 65.7 Å². The molecule has 0 heterocycles. The molecule has 0 bridgehead atoms. The van der Waals surface area contributed by atoms with Crippen LogP contribution in [0.25, 0.3) is 0 Å². The fourth-order valence-electron chi connectivity index (χ4n) is 5.28. The van der Waals surface area contributed by atoms with E-state index in [1.165, 1.54) is 64.2 Å². The molecule has 0 saturated heterocycles. The molecule has 3 N–H and O–H groups in total. The van der Waals surface area contributed by atoms with E-state index in [9.17, 15) is 24.2 Å². The van der Waals surface area contributed by atoms with E-state index in [0.717, 1.165) is 64.2 Å². The van der Waals surface area contributed by atoms with Crippen LogP contribution in [0.5, 0.6) is 0 Å². The number of hydrogen-bond acceptors (Lipinski definition) is 9. The van der Waals surface area contributed by atoms with Crippen molar-refractivity contribution in [2.24, 2.45) is 0 Å². The average molecular weight is 771 g/mol. The van der Waals surface area contributed by atoms with Gasteiger partial charge in [-0.25, -0.2) is 4.57 Å². The number of carbonyl (C=O) groups excluding carboxylic acids is 2. The molecule has 0 aromatic heterocycles. The van der Waals surface area contributed by atoms with E-state index in [2.05, 4.69) is 67.0 Å². The number of hydrogen-bond donors (Lipinski definition) is 3. The first kappa shape index (κ1) is 50.9. The topological polar surface area (TPSA) is 149 Å². The van der Waals surface area contributed by atoms with Crippen LogP contribution in [0.4, 0.5) is 0 Å². The normalized spacial score (nSPS) is 14.4. The highest BCUT2D eigenvalue weighted by Gasteiger charge is 2.27. The predicted molar refractivity (Wildman–Crippen MR) is 214 cm³/mol. The zero-order valence-corrected chi connectivity index (χ0v) is 34.1. The van der Waals surface area contributed by atoms with Crippen LogP contribution in [-0.2, 0) is 32.7 Å². The maximum absolute atomic E-state index is 12.6. The number of unbranched alkanes of at least 4 members (excludes halogenated alkanes) is 16. The fraction of sp³-hybridized carbons (Fsp3) is 0.762. The van der Waals surface area contributed by atoms with Gasteiger partial charge >= 0.3 is 19.8 Å². The minimum atomic E-state index is -4.62. The lowest BCUT2D eigenvalue weighted by atomic mass is 10.0. The number of phosphoric acid groups is 1. The maximum atomic E-state index is 12.6. The van der Waals surface area contributed by atoms with Crippen molar-refractivity contribution in [3.8, 4) is 0 Å². The third-order valence-corrected chi connectivity index (χ3v) is 9.42. The highest BCUT2D eigenvalue weighted by molar-refractivity contribution is 7.47. The Morgan fingerprint density at radius 2 is 1.02 bits per heavy atom. The van der Waals surface area contributed by atoms with Gasteiger partial charge in [0.15, 0.2) is 6.10 Å². The summed E-state index contributed by atoms with van der Waals surface area (Å²) in [6.45, 7) is 2.27. The van der Waals surface area contributed by atoms with Crippen molar-refractivity contribution in [3.05, 3.63) is 48.6 Å². The summed E-state index contributed by atoms with van der Waals surface area (Å²) in [5.41, 5.74) is 0. The van der Waals surface area contributed by atoms with E-state index in [0.29, 0.717) is 12.8 Å². The van der Waals surface area contributed by atoms with Gasteiger partial charge in [-0.1, -0.05) is 152 Å². The smallest absolute Gasteiger partial charge is 0.462 e. The van der Waals surface area contributed by atoms with E-state index in [-0.39, 0.29) is 19.4 Å². The Labute approximate surface area is 322 Å². The van der Waals surface area contributed by atoms with Gasteiger partial charge in [0.05, 0.1) is 19.8 Å². The first-order valence-corrected chi connectivity index (χ1v) is 22.1. The number of aliphatic hydroxyl groups excluding tert-OH is 2. The molecule has 1 unspecified atom stereocenters. The average Bonchev–Trinajstić information content (AvgIpc) is 3.14. The summed E-state index contributed by atoms with van der Waals surface area (Å²) >= 11 is 0. The van der Waals surface area contributed by atoms with E-state index in [1.54, 1.807) is 0 Å². The van der Waals surface area contributed by atoms with E-state index in [4.69, 9.17) is 19.1 Å². The summed E-state index contributed by atoms with van der Waals surface area (Å²) in [6.07, 6.45) is 39.3. The predicted octanol–water partition coefficient (Wildman–Crippen LogP) is 10.6. The lowest BCUT2D eigenvalue weighted by Crippen LogP contribution is -2.29. The Kier molecular flexibility index (Phi) is 36.7. The van der Waals surface area contributed by atoms with Gasteiger partial charge in [-0.2, -0.15) is 0 Å². The SMILES string of the molecule is CCC/C=C/C/C=C/C/C=C/C/C=C/CCCCCC(=O)OC[C@H](COP(=O)(O)OC[C@@H](O)CO)OC(=O)CCCCCCCCCCCCCCC. The van der Waals surface area contributed by atoms with Crippen molar-refractivity contribution in [3.63, 3.8) is 0 Å². The molecule has 308 valence electrons. The molecule has 10 nitrogen and oxygen atoms in total. The Hall–Kier alpha value is -2.07. The molecule has 0 fully saturated rings. The molecule has 0 saturated carbocycles. The Bertz CT molecular complexity index is 1030. The Morgan fingerprint density at radius 1 is 0.566 bits per heavy atom. The molecule has 0 aliphatic heterocycles. The highest BCUT2D eigenvalue weighted by atomic mass is 31.2. The summed E-state index contributed by atoms with van der Waals surface area (Å²) in [7, 11) is -4.62. The quantitative estimate of drug-likeness (QED) is 0.0240. The Morgan fingerprint density at radius 3 is 1.55 bits per heavy atom. The minimum absolute atomic E-state index is 0.178. The summed E-state index contributed by atoms with van der Waals surface area (Å²) in [5, 5.41) is 18.3. The number of allylic oxidation sites excluding steroid dienone is 8. The van der Waals surface area contributed by atoms with Gasteiger partial charge in [0.1, 0.15) is 12.7 Å². The zero-order chi connectivity index (χ0) is 39.1. The minimum Gasteiger partial charge on any atom is -0.462 e. The van der Waals surface area contributed by atoms with E-state index >= 15 is 0 Å². The first-order valence-electron chi connectivity index (χ1n) is 20.6. The van der Waals surface area contributed by atoms with Crippen LogP contribution in [0.3, 0.4) is 0 Å². The van der Waals surface area contributed by atoms with Gasteiger partial charge in [-0.05, 0) is 51.4 Å². The Balaban J connectivity index is 4.38. The summed E-state index contributed by atoms with van der Waals surface area (Å²) in [5.74, 6) is -0.961. The molecule has 0 rings (SSSR count). The van der Waals surface area contributed by atoms with Crippen molar-refractivity contribution in [2.75, 3.05) is 26.4 Å². The molecule has 3 atom stereocenters. The number of rotatable bonds is 38. The molecule has 0 aliphatic rings. The van der Waals surface area contributed by atoms with Crippen LogP contribution in [0.1, 0.15) is 168 Å². The number of ether oxygens (including phenoxy) is 2. The zero-order valence-electron chi connectivity index (χ0n) is 33.2. The fourth-order valence-corrected chi connectivity index (χ4v) is 6.07. The number of phosphoric ester groups is 1. The molecular weight excluding hydrogens is 695 g/mol. The molecule has 0 aromatic carbocycles. The lowest BCUT2D eigenvalue weighted by Gasteiger charge is -2.20. The molecule has 0 spiro atoms. The monoisotopic (exact) mass is 771 g/mol. The van der Waals surface area contributed by atoms with Gasteiger partial charge in [0, 0.05) is 12.8 Å². The second-order valence-corrected chi connectivity index (χ2v) is 15.1. The van der Waals surface area contributed by atoms with Gasteiger partial charge in [0.2, 0.25) is 0 Å². The molecule has 0 radical (unpaired) electrons. The molecule has 11 heteroatoms. The van der Waals surface area contributed by atoms with Crippen molar-refractivity contribution < 1.29 is 47.8 Å². The molecule has 53 heavy (non-hydrogen) atoms. The van der Waals surface area contributed by atoms with Crippen LogP contribution in [0.15, 0.2) is 48.6 Å². The highest BCUT2D eigenvalue weighted by Crippen LogP contribution is 2.43. The van der Waals surface area contributed by atoms with E-state index < -0.39 is 51.8 Å². The summed E-state index contributed by atoms with van der Waals surface area (Å²) < 4.78 is 32.6. The summed E-state index contributed by atoms with van der Waals surface area (Å²) in [6, 6.07) is 0. The van der Waals surface area contributed by atoms with Crippen LogP contribution in [0.2, 0.25) is 0 Å². The second kappa shape index (κ2) is 38.2. The number of aliphatic hydroxyl groups is 2. The van der Waals surface area contributed by atoms with Gasteiger partial charge in [-0.3, -0.25) is 18.6 Å². The molecule has 0 aliphatic carbocycles. The molecule has 0 aromatic rings. The van der Waals surface area contributed by atoms with Crippen LogP contribution in [0, 0.1) is 0 Å². The summed E-state index contributed by atoms with van der Waals surface area (Å²) in [4.78, 5) is 34.9. The van der Waals surface area contributed by atoms with Crippen LogP contribution >= 0.6 is 7.82 Å². The second-order valence-electron chi connectivity index (χ2n) is 13.7. The van der Waals surface area contributed by atoms with Gasteiger partial charge in [-0.15, -0.1) is 0 Å². The lowest BCUT2D eigenvalue weighted by molar-refractivity contribution is -0.161. The van der Waals surface area contributed by atoms with Crippen LogP contribution < -0.4 is 0 Å². The third-order valence-electron chi connectivity index (χ3n) is 8.47. The molecule has 0 amide bonds. The van der Waals surface area contributed by atoms with Gasteiger partial charge < -0.3 is 24.6 Å². The van der Waals surface area contributed by atoms with Crippen molar-refractivity contribution in [1.29, 1.82) is 0 Å².